The number of nitrogens with one attached hydrogen (secondary N) is 1. The van der Waals surface area contributed by atoms with Crippen LogP contribution in [0.5, 0.6) is 0 Å². The van der Waals surface area contributed by atoms with Gasteiger partial charge in [-0.05, 0) is 51.1 Å². The number of rotatable bonds is 4. The summed E-state index contributed by atoms with van der Waals surface area (Å²) >= 11 is 0. The van der Waals surface area contributed by atoms with Gasteiger partial charge in [0.25, 0.3) is 0 Å². The number of benzene rings is 2. The highest BCUT2D eigenvalue weighted by atomic mass is 16.5. The largest absolute Gasteiger partial charge is 0.457 e. The summed E-state index contributed by atoms with van der Waals surface area (Å²) in [6.07, 6.45) is 3.30. The van der Waals surface area contributed by atoms with Crippen molar-refractivity contribution >= 4 is 16.9 Å². The first-order valence-electron chi connectivity index (χ1n) is 9.13. The topological polar surface area (TPSA) is 45.3 Å². The smallest absolute Gasteiger partial charge is 0.338 e. The molecule has 2 aromatic carbocycles. The van der Waals surface area contributed by atoms with Crippen molar-refractivity contribution in [3.63, 3.8) is 0 Å². The van der Waals surface area contributed by atoms with Gasteiger partial charge in [0.05, 0.1) is 11.1 Å². The molecule has 4 heteroatoms. The Hall–Kier alpha value is -2.59. The molecule has 0 amide bonds. The number of fused-ring (bicyclic) bond motifs is 3. The van der Waals surface area contributed by atoms with E-state index in [9.17, 15) is 4.79 Å². The molecule has 0 spiro atoms. The number of para-hydroxylation sites is 1. The van der Waals surface area contributed by atoms with Crippen molar-refractivity contribution < 1.29 is 9.53 Å². The number of ether oxygens (including phenoxy) is 1. The molecule has 1 aliphatic carbocycles. The first-order chi connectivity index (χ1) is 12.6. The lowest BCUT2D eigenvalue weighted by Gasteiger charge is -2.28. The summed E-state index contributed by atoms with van der Waals surface area (Å²) in [5, 5.41) is 1.26. The molecule has 0 fully saturated rings. The average molecular weight is 348 g/mol. The number of nitrogens with zero attached hydrogens (tertiary/aromatic N) is 1. The zero-order valence-electron chi connectivity index (χ0n) is 15.3. The molecule has 0 radical (unpaired) electrons. The zero-order valence-corrected chi connectivity index (χ0v) is 15.3. The van der Waals surface area contributed by atoms with Crippen LogP contribution in [-0.4, -0.2) is 36.0 Å². The summed E-state index contributed by atoms with van der Waals surface area (Å²) in [6.45, 7) is 0.279. The summed E-state index contributed by atoms with van der Waals surface area (Å²) in [5.74, 6) is -0.286. The van der Waals surface area contributed by atoms with Gasteiger partial charge in [-0.25, -0.2) is 4.79 Å². The van der Waals surface area contributed by atoms with Crippen molar-refractivity contribution in [2.75, 3.05) is 14.1 Å². The number of aromatic amines is 1. The lowest BCUT2D eigenvalue weighted by molar-refractivity contribution is 0.0474. The maximum Gasteiger partial charge on any atom is 0.338 e. The normalized spacial score (nSPS) is 16.7. The molecule has 4 nitrogen and oxygen atoms in total. The lowest BCUT2D eigenvalue weighted by Crippen LogP contribution is -2.33. The molecular formula is C22H24N2O2. The minimum atomic E-state index is -0.286. The molecule has 4 rings (SSSR count). The second-order valence-electron chi connectivity index (χ2n) is 7.22. The molecule has 0 aliphatic heterocycles. The van der Waals surface area contributed by atoms with E-state index in [2.05, 4.69) is 36.1 Å². The maximum absolute atomic E-state index is 12.2. The Labute approximate surface area is 153 Å². The molecule has 1 unspecified atom stereocenters. The summed E-state index contributed by atoms with van der Waals surface area (Å²) in [7, 11) is 4.30. The predicted octanol–water partition coefficient (Wildman–Crippen LogP) is 3.94. The molecule has 0 saturated carbocycles. The highest BCUT2D eigenvalue weighted by Gasteiger charge is 2.24. The van der Waals surface area contributed by atoms with Gasteiger partial charge in [-0.15, -0.1) is 0 Å². The van der Waals surface area contributed by atoms with E-state index >= 15 is 0 Å². The van der Waals surface area contributed by atoms with Gasteiger partial charge in [-0.1, -0.05) is 36.4 Å². The van der Waals surface area contributed by atoms with Crippen LogP contribution < -0.4 is 0 Å². The van der Waals surface area contributed by atoms with Crippen LogP contribution in [0.15, 0.2) is 48.5 Å². The van der Waals surface area contributed by atoms with E-state index in [1.54, 1.807) is 12.1 Å². The quantitative estimate of drug-likeness (QED) is 0.726. The number of carbonyl (C=O) groups excluding carboxylic acids is 1. The minimum absolute atomic E-state index is 0.279. The van der Waals surface area contributed by atoms with E-state index in [1.165, 1.54) is 23.1 Å². The Bertz CT molecular complexity index is 928. The predicted molar refractivity (Wildman–Crippen MR) is 103 cm³/mol. The Morgan fingerprint density at radius 2 is 1.96 bits per heavy atom. The van der Waals surface area contributed by atoms with Gasteiger partial charge in [0.15, 0.2) is 0 Å². The number of aryl methyl sites for hydroxylation is 1. The molecular weight excluding hydrogens is 324 g/mol. The standard InChI is InChI=1S/C22H24N2O2/c1-24(2)17-11-12-20-19(13-17)18-10-6-9-16(21(18)23-20)14-26-22(25)15-7-4-3-5-8-15/h3-10,17,23H,11-14H2,1-2H3. The fraction of sp³-hybridized carbons (Fsp3) is 0.318. The van der Waals surface area contributed by atoms with Crippen molar-refractivity contribution in [2.24, 2.45) is 0 Å². The van der Waals surface area contributed by atoms with Gasteiger partial charge in [-0.2, -0.15) is 0 Å². The Kier molecular flexibility index (Phi) is 4.51. The van der Waals surface area contributed by atoms with Crippen molar-refractivity contribution in [3.8, 4) is 0 Å². The monoisotopic (exact) mass is 348 g/mol. The van der Waals surface area contributed by atoms with Crippen LogP contribution in [0, 0.1) is 0 Å². The summed E-state index contributed by atoms with van der Waals surface area (Å²) in [6, 6.07) is 16.0. The van der Waals surface area contributed by atoms with Crippen molar-refractivity contribution in [2.45, 2.75) is 31.9 Å². The second-order valence-corrected chi connectivity index (χ2v) is 7.22. The number of H-pyrrole nitrogens is 1. The number of esters is 1. The third kappa shape index (κ3) is 3.13. The van der Waals surface area contributed by atoms with E-state index in [4.69, 9.17) is 4.74 Å². The van der Waals surface area contributed by atoms with Crippen LogP contribution in [0.1, 0.15) is 33.6 Å². The molecule has 1 heterocycles. The minimum Gasteiger partial charge on any atom is -0.457 e. The second kappa shape index (κ2) is 6.96. The Balaban J connectivity index is 1.58. The third-order valence-corrected chi connectivity index (χ3v) is 5.38. The number of hydrogen-bond donors (Lipinski definition) is 1. The van der Waals surface area contributed by atoms with E-state index in [0.717, 1.165) is 23.9 Å². The number of carbonyl (C=O) groups is 1. The van der Waals surface area contributed by atoms with E-state index in [-0.39, 0.29) is 12.6 Å². The Morgan fingerprint density at radius 3 is 2.73 bits per heavy atom. The van der Waals surface area contributed by atoms with Gasteiger partial charge < -0.3 is 14.6 Å². The Morgan fingerprint density at radius 1 is 1.15 bits per heavy atom. The van der Waals surface area contributed by atoms with Crippen LogP contribution in [0.2, 0.25) is 0 Å². The summed E-state index contributed by atoms with van der Waals surface area (Å²) < 4.78 is 5.55. The molecule has 1 aromatic heterocycles. The fourth-order valence-electron chi connectivity index (χ4n) is 3.85. The van der Waals surface area contributed by atoms with Crippen LogP contribution in [0.4, 0.5) is 0 Å². The molecule has 3 aromatic rings. The van der Waals surface area contributed by atoms with Gasteiger partial charge in [-0.3, -0.25) is 0 Å². The molecule has 1 aliphatic rings. The summed E-state index contributed by atoms with van der Waals surface area (Å²) in [4.78, 5) is 18.1. The highest BCUT2D eigenvalue weighted by molar-refractivity contribution is 5.90. The lowest BCUT2D eigenvalue weighted by atomic mass is 9.90. The molecule has 0 saturated heterocycles. The summed E-state index contributed by atoms with van der Waals surface area (Å²) in [5.41, 5.74) is 5.47. The van der Waals surface area contributed by atoms with Gasteiger partial charge in [0, 0.05) is 22.7 Å². The fourth-order valence-corrected chi connectivity index (χ4v) is 3.85. The van der Waals surface area contributed by atoms with Crippen molar-refractivity contribution in [3.05, 3.63) is 70.9 Å². The van der Waals surface area contributed by atoms with E-state index < -0.39 is 0 Å². The molecule has 1 N–H and O–H groups in total. The van der Waals surface area contributed by atoms with Crippen LogP contribution in [-0.2, 0) is 24.2 Å². The first kappa shape index (κ1) is 16.9. The van der Waals surface area contributed by atoms with Crippen molar-refractivity contribution in [1.29, 1.82) is 0 Å². The van der Waals surface area contributed by atoms with E-state index in [0.29, 0.717) is 11.6 Å². The SMILES string of the molecule is CN(C)C1CCc2[nH]c3c(COC(=O)c4ccccc4)cccc3c2C1. The van der Waals surface area contributed by atoms with Gasteiger partial charge in [0.1, 0.15) is 6.61 Å². The van der Waals surface area contributed by atoms with Crippen LogP contribution >= 0.6 is 0 Å². The average Bonchev–Trinajstić information content (AvgIpc) is 3.05. The highest BCUT2D eigenvalue weighted by Crippen LogP contribution is 2.32. The van der Waals surface area contributed by atoms with Gasteiger partial charge >= 0.3 is 5.97 Å². The third-order valence-electron chi connectivity index (χ3n) is 5.38. The number of likely N-dealkylation sites (N-methyl/N-ethyl adjacent to an activating group) is 1. The number of aromatic nitrogens is 1. The number of hydrogen-bond acceptors (Lipinski definition) is 3. The van der Waals surface area contributed by atoms with E-state index in [1.807, 2.05) is 24.3 Å². The molecule has 134 valence electrons. The van der Waals surface area contributed by atoms with Crippen LogP contribution in [0.3, 0.4) is 0 Å². The van der Waals surface area contributed by atoms with Gasteiger partial charge in [0.2, 0.25) is 0 Å². The van der Waals surface area contributed by atoms with Crippen molar-refractivity contribution in [1.82, 2.24) is 9.88 Å². The maximum atomic E-state index is 12.2. The first-order valence-corrected chi connectivity index (χ1v) is 9.13. The molecule has 26 heavy (non-hydrogen) atoms. The zero-order chi connectivity index (χ0) is 18.1. The molecule has 1 atom stereocenters. The van der Waals surface area contributed by atoms with Crippen LogP contribution in [0.25, 0.3) is 10.9 Å². The molecule has 0 bridgehead atoms.